The molecule has 1 heterocycles. The third kappa shape index (κ3) is 4.06. The molecule has 1 atom stereocenters. The number of amides is 1. The average Bonchev–Trinajstić information content (AvgIpc) is 2.39. The van der Waals surface area contributed by atoms with Crippen molar-refractivity contribution >= 4 is 5.91 Å². The molecule has 19 heavy (non-hydrogen) atoms. The van der Waals surface area contributed by atoms with E-state index in [1.54, 1.807) is 7.11 Å². The molecule has 0 aliphatic carbocycles. The first-order valence-electron chi connectivity index (χ1n) is 7.01. The van der Waals surface area contributed by atoms with Crippen LogP contribution in [0.2, 0.25) is 0 Å². The quantitative estimate of drug-likeness (QED) is 0.833. The third-order valence-electron chi connectivity index (χ3n) is 3.71. The van der Waals surface area contributed by atoms with Crippen molar-refractivity contribution in [2.24, 2.45) is 5.92 Å². The number of aryl methyl sites for hydroxylation is 1. The van der Waals surface area contributed by atoms with E-state index in [4.69, 9.17) is 4.74 Å². The molecule has 0 radical (unpaired) electrons. The molecule has 1 saturated heterocycles. The van der Waals surface area contributed by atoms with E-state index >= 15 is 0 Å². The molecular weight excluding hydrogens is 238 g/mol. The van der Waals surface area contributed by atoms with Gasteiger partial charge in [0.1, 0.15) is 0 Å². The monoisotopic (exact) mass is 261 g/mol. The van der Waals surface area contributed by atoms with Crippen LogP contribution >= 0.6 is 0 Å². The molecule has 104 valence electrons. The molecule has 3 heteroatoms. The topological polar surface area (TPSA) is 29.5 Å². The number of hydrogen-bond donors (Lipinski definition) is 0. The van der Waals surface area contributed by atoms with Crippen molar-refractivity contribution in [1.29, 1.82) is 0 Å². The maximum Gasteiger partial charge on any atom is 0.227 e. The Hall–Kier alpha value is -1.35. The molecule has 2 rings (SSSR count). The van der Waals surface area contributed by atoms with Crippen molar-refractivity contribution in [1.82, 2.24) is 4.90 Å². The number of carbonyl (C=O) groups is 1. The maximum absolute atomic E-state index is 12.3. The van der Waals surface area contributed by atoms with E-state index in [0.29, 0.717) is 12.3 Å². The summed E-state index contributed by atoms with van der Waals surface area (Å²) in [6.07, 6.45) is 2.77. The van der Waals surface area contributed by atoms with Crippen LogP contribution in [0.4, 0.5) is 0 Å². The van der Waals surface area contributed by atoms with E-state index in [2.05, 4.69) is 19.1 Å². The van der Waals surface area contributed by atoms with Crippen LogP contribution in [-0.2, 0) is 16.0 Å². The van der Waals surface area contributed by atoms with Crippen LogP contribution in [0.5, 0.6) is 0 Å². The van der Waals surface area contributed by atoms with Crippen LogP contribution in [0.1, 0.15) is 24.0 Å². The molecule has 1 unspecified atom stereocenters. The summed E-state index contributed by atoms with van der Waals surface area (Å²) in [5, 5.41) is 0. The fourth-order valence-corrected chi connectivity index (χ4v) is 2.77. The third-order valence-corrected chi connectivity index (χ3v) is 3.71. The first-order chi connectivity index (χ1) is 9.19. The molecule has 0 spiro atoms. The average molecular weight is 261 g/mol. The number of rotatable bonds is 4. The number of nitrogens with zero attached hydrogens (tertiary/aromatic N) is 1. The molecule has 0 N–H and O–H groups in total. The summed E-state index contributed by atoms with van der Waals surface area (Å²) < 4.78 is 5.21. The molecule has 1 amide bonds. The van der Waals surface area contributed by atoms with Gasteiger partial charge in [-0.3, -0.25) is 4.79 Å². The molecule has 3 nitrogen and oxygen atoms in total. The van der Waals surface area contributed by atoms with Gasteiger partial charge in [0.2, 0.25) is 5.91 Å². The number of likely N-dealkylation sites (tertiary alicyclic amines) is 1. The summed E-state index contributed by atoms with van der Waals surface area (Å²) in [6.45, 7) is 4.56. The maximum atomic E-state index is 12.3. The highest BCUT2D eigenvalue weighted by atomic mass is 16.5. The van der Waals surface area contributed by atoms with Gasteiger partial charge in [0.25, 0.3) is 0 Å². The van der Waals surface area contributed by atoms with E-state index in [-0.39, 0.29) is 5.91 Å². The zero-order valence-electron chi connectivity index (χ0n) is 11.9. The lowest BCUT2D eigenvalue weighted by molar-refractivity contribution is -0.132. The highest BCUT2D eigenvalue weighted by Crippen LogP contribution is 2.18. The van der Waals surface area contributed by atoms with Crippen LogP contribution in [0.15, 0.2) is 24.3 Å². The summed E-state index contributed by atoms with van der Waals surface area (Å²) in [6, 6.07) is 8.20. The van der Waals surface area contributed by atoms with Crippen LogP contribution < -0.4 is 0 Å². The second kappa shape index (κ2) is 6.71. The van der Waals surface area contributed by atoms with Crippen LogP contribution in [0, 0.1) is 12.8 Å². The van der Waals surface area contributed by atoms with E-state index < -0.39 is 0 Å². The van der Waals surface area contributed by atoms with Crippen molar-refractivity contribution in [3.63, 3.8) is 0 Å². The Morgan fingerprint density at radius 1 is 1.47 bits per heavy atom. The van der Waals surface area contributed by atoms with Crippen LogP contribution in [0.25, 0.3) is 0 Å². The summed E-state index contributed by atoms with van der Waals surface area (Å²) in [7, 11) is 1.73. The number of carbonyl (C=O) groups excluding carboxylic acids is 1. The molecule has 1 fully saturated rings. The Balaban J connectivity index is 1.92. The molecular formula is C16H23NO2. The lowest BCUT2D eigenvalue weighted by Gasteiger charge is -2.32. The predicted octanol–water partition coefficient (Wildman–Crippen LogP) is 2.42. The van der Waals surface area contributed by atoms with Gasteiger partial charge in [0.05, 0.1) is 13.0 Å². The number of ether oxygens (including phenoxy) is 1. The summed E-state index contributed by atoms with van der Waals surface area (Å²) >= 11 is 0. The van der Waals surface area contributed by atoms with Crippen molar-refractivity contribution in [2.45, 2.75) is 26.2 Å². The predicted molar refractivity (Wildman–Crippen MR) is 76.1 cm³/mol. The summed E-state index contributed by atoms with van der Waals surface area (Å²) in [5.41, 5.74) is 2.32. The smallest absolute Gasteiger partial charge is 0.227 e. The second-order valence-electron chi connectivity index (χ2n) is 5.47. The molecule has 1 aliphatic rings. The Labute approximate surface area is 115 Å². The Morgan fingerprint density at radius 3 is 3.05 bits per heavy atom. The number of methoxy groups -OCH3 is 1. The minimum atomic E-state index is 0.242. The van der Waals surface area contributed by atoms with Gasteiger partial charge in [0.15, 0.2) is 0 Å². The SMILES string of the molecule is COCC1CCCN(C(=O)Cc2cccc(C)c2)C1. The Morgan fingerprint density at radius 2 is 2.32 bits per heavy atom. The van der Waals surface area contributed by atoms with E-state index in [1.165, 1.54) is 12.0 Å². The van der Waals surface area contributed by atoms with Crippen molar-refractivity contribution in [3.8, 4) is 0 Å². The molecule has 0 saturated carbocycles. The number of hydrogen-bond acceptors (Lipinski definition) is 2. The van der Waals surface area contributed by atoms with Gasteiger partial charge < -0.3 is 9.64 Å². The van der Waals surface area contributed by atoms with Gasteiger partial charge >= 0.3 is 0 Å². The van der Waals surface area contributed by atoms with E-state index in [0.717, 1.165) is 31.7 Å². The first-order valence-corrected chi connectivity index (χ1v) is 7.01. The number of benzene rings is 1. The van der Waals surface area contributed by atoms with Gasteiger partial charge in [0, 0.05) is 20.2 Å². The standard InChI is InChI=1S/C16H23NO2/c1-13-5-3-6-14(9-13)10-16(18)17-8-4-7-15(11-17)12-19-2/h3,5-6,9,15H,4,7-8,10-12H2,1-2H3. The fraction of sp³-hybridized carbons (Fsp3) is 0.562. The zero-order chi connectivity index (χ0) is 13.7. The summed E-state index contributed by atoms with van der Waals surface area (Å²) in [4.78, 5) is 14.3. The minimum Gasteiger partial charge on any atom is -0.384 e. The molecule has 0 bridgehead atoms. The second-order valence-corrected chi connectivity index (χ2v) is 5.47. The lowest BCUT2D eigenvalue weighted by Crippen LogP contribution is -2.41. The van der Waals surface area contributed by atoms with Crippen LogP contribution in [-0.4, -0.2) is 37.6 Å². The lowest BCUT2D eigenvalue weighted by atomic mass is 9.98. The van der Waals surface area contributed by atoms with Gasteiger partial charge in [-0.1, -0.05) is 29.8 Å². The van der Waals surface area contributed by atoms with Crippen molar-refractivity contribution < 1.29 is 9.53 Å². The highest BCUT2D eigenvalue weighted by molar-refractivity contribution is 5.78. The Kier molecular flexibility index (Phi) is 4.97. The minimum absolute atomic E-state index is 0.242. The molecule has 0 aromatic heterocycles. The van der Waals surface area contributed by atoms with E-state index in [1.807, 2.05) is 17.0 Å². The molecule has 1 aromatic rings. The zero-order valence-corrected chi connectivity index (χ0v) is 11.9. The highest BCUT2D eigenvalue weighted by Gasteiger charge is 2.23. The number of piperidine rings is 1. The Bertz CT molecular complexity index is 429. The van der Waals surface area contributed by atoms with Gasteiger partial charge in [-0.15, -0.1) is 0 Å². The van der Waals surface area contributed by atoms with Gasteiger partial charge in [-0.25, -0.2) is 0 Å². The first kappa shape index (κ1) is 14.1. The van der Waals surface area contributed by atoms with E-state index in [9.17, 15) is 4.79 Å². The largest absolute Gasteiger partial charge is 0.384 e. The van der Waals surface area contributed by atoms with Crippen molar-refractivity contribution in [3.05, 3.63) is 35.4 Å². The normalized spacial score (nSPS) is 19.5. The van der Waals surface area contributed by atoms with Gasteiger partial charge in [-0.05, 0) is 31.2 Å². The van der Waals surface area contributed by atoms with Crippen molar-refractivity contribution in [2.75, 3.05) is 26.8 Å². The van der Waals surface area contributed by atoms with Crippen LogP contribution in [0.3, 0.4) is 0 Å². The summed E-state index contributed by atoms with van der Waals surface area (Å²) in [5.74, 6) is 0.742. The fourth-order valence-electron chi connectivity index (χ4n) is 2.77. The molecule has 1 aromatic carbocycles. The van der Waals surface area contributed by atoms with Gasteiger partial charge in [-0.2, -0.15) is 0 Å². The molecule has 1 aliphatic heterocycles.